The maximum Gasteiger partial charge on any atom is 0.260 e. The number of nitrogens with one attached hydrogen (secondary N) is 1. The van der Waals surface area contributed by atoms with Gasteiger partial charge in [-0.05, 0) is 17.7 Å². The molecule has 1 saturated heterocycles. The van der Waals surface area contributed by atoms with Crippen molar-refractivity contribution in [3.8, 4) is 5.75 Å². The zero-order valence-corrected chi connectivity index (χ0v) is 14.0. The summed E-state index contributed by atoms with van der Waals surface area (Å²) in [6, 6.07) is 5.46. The number of rotatable bonds is 8. The highest BCUT2D eigenvalue weighted by molar-refractivity contribution is 5.96. The summed E-state index contributed by atoms with van der Waals surface area (Å²) in [5.41, 5.74) is 8.82. The normalized spacial score (nSPS) is 17.9. The topological polar surface area (TPSA) is 125 Å². The Morgan fingerprint density at radius 1 is 1.36 bits per heavy atom. The fourth-order valence-electron chi connectivity index (χ4n) is 2.63. The summed E-state index contributed by atoms with van der Waals surface area (Å²) < 4.78 is 4.92. The van der Waals surface area contributed by atoms with Crippen molar-refractivity contribution >= 4 is 17.7 Å². The monoisotopic (exact) mass is 350 g/mol. The molecule has 1 aliphatic heterocycles. The Hall–Kier alpha value is -2.65. The summed E-state index contributed by atoms with van der Waals surface area (Å²) in [6.45, 7) is 0.254. The van der Waals surface area contributed by atoms with E-state index in [1.54, 1.807) is 12.1 Å². The molecule has 25 heavy (non-hydrogen) atoms. The van der Waals surface area contributed by atoms with Gasteiger partial charge in [-0.1, -0.05) is 12.1 Å². The van der Waals surface area contributed by atoms with Gasteiger partial charge in [-0.15, -0.1) is 0 Å². The third kappa shape index (κ3) is 4.91. The third-order valence-electron chi connectivity index (χ3n) is 3.84. The lowest BCUT2D eigenvalue weighted by Gasteiger charge is -2.39. The molecule has 3 amide bonds. The molecule has 0 saturated carbocycles. The van der Waals surface area contributed by atoms with Crippen molar-refractivity contribution in [1.82, 2.24) is 15.3 Å². The van der Waals surface area contributed by atoms with Crippen LogP contribution in [0.2, 0.25) is 0 Å². The Morgan fingerprint density at radius 3 is 2.64 bits per heavy atom. The number of aromatic hydroxyl groups is 1. The van der Waals surface area contributed by atoms with Gasteiger partial charge >= 0.3 is 0 Å². The number of hydrogen-bond donors (Lipinski definition) is 3. The van der Waals surface area contributed by atoms with Crippen molar-refractivity contribution in [1.29, 1.82) is 0 Å². The van der Waals surface area contributed by atoms with E-state index >= 15 is 0 Å². The molecule has 4 N–H and O–H groups in total. The van der Waals surface area contributed by atoms with Gasteiger partial charge in [0.15, 0.2) is 0 Å². The Kier molecular flexibility index (Phi) is 6.31. The van der Waals surface area contributed by atoms with E-state index < -0.39 is 11.9 Å². The van der Waals surface area contributed by atoms with Crippen LogP contribution in [0.15, 0.2) is 24.3 Å². The number of ether oxygens (including phenoxy) is 1. The number of phenolic OH excluding ortho intramolecular Hbond substituents is 1. The Balaban J connectivity index is 2.19. The average Bonchev–Trinajstić information content (AvgIpc) is 2.57. The highest BCUT2D eigenvalue weighted by atomic mass is 16.5. The number of piperazine rings is 1. The lowest BCUT2D eigenvalue weighted by atomic mass is 10.0. The SMILES string of the molecule is COCCNN1CC(=O)N(CC(N)=O)[C@@H](Cc2ccc(O)cc2)C1=O. The van der Waals surface area contributed by atoms with Crippen molar-refractivity contribution < 1.29 is 24.2 Å². The first-order valence-corrected chi connectivity index (χ1v) is 7.82. The molecule has 0 bridgehead atoms. The van der Waals surface area contributed by atoms with Crippen LogP contribution >= 0.6 is 0 Å². The summed E-state index contributed by atoms with van der Waals surface area (Å²) in [5.74, 6) is -1.28. The maximum absolute atomic E-state index is 12.8. The fourth-order valence-corrected chi connectivity index (χ4v) is 2.63. The minimum absolute atomic E-state index is 0.103. The van der Waals surface area contributed by atoms with E-state index in [4.69, 9.17) is 10.5 Å². The molecule has 1 aliphatic rings. The first-order chi connectivity index (χ1) is 11.9. The molecule has 0 radical (unpaired) electrons. The number of hydrogen-bond acceptors (Lipinski definition) is 6. The van der Waals surface area contributed by atoms with Crippen molar-refractivity contribution in [3.05, 3.63) is 29.8 Å². The minimum atomic E-state index is -0.853. The second-order valence-corrected chi connectivity index (χ2v) is 5.70. The molecule has 9 heteroatoms. The Morgan fingerprint density at radius 2 is 2.04 bits per heavy atom. The van der Waals surface area contributed by atoms with Crippen LogP contribution in [0.4, 0.5) is 0 Å². The molecule has 0 spiro atoms. The van der Waals surface area contributed by atoms with Gasteiger partial charge < -0.3 is 20.5 Å². The summed E-state index contributed by atoms with van der Waals surface area (Å²) in [5, 5.41) is 10.6. The van der Waals surface area contributed by atoms with E-state index in [1.165, 1.54) is 29.2 Å². The molecular formula is C16H22N4O5. The summed E-state index contributed by atoms with van der Waals surface area (Å²) >= 11 is 0. The number of nitrogens with two attached hydrogens (primary N) is 1. The predicted molar refractivity (Wildman–Crippen MR) is 88.1 cm³/mol. The van der Waals surface area contributed by atoms with Crippen LogP contribution in [0.3, 0.4) is 0 Å². The highest BCUT2D eigenvalue weighted by Crippen LogP contribution is 2.18. The fraction of sp³-hybridized carbons (Fsp3) is 0.438. The number of methoxy groups -OCH3 is 1. The number of hydrazine groups is 1. The number of carbonyl (C=O) groups excluding carboxylic acids is 3. The Bertz CT molecular complexity index is 634. The molecule has 1 atom stereocenters. The molecule has 2 rings (SSSR count). The van der Waals surface area contributed by atoms with Crippen LogP contribution in [0.5, 0.6) is 5.75 Å². The zero-order valence-electron chi connectivity index (χ0n) is 14.0. The van der Waals surface area contributed by atoms with Gasteiger partial charge in [-0.2, -0.15) is 0 Å². The van der Waals surface area contributed by atoms with Gasteiger partial charge in [0.1, 0.15) is 24.9 Å². The molecular weight excluding hydrogens is 328 g/mol. The smallest absolute Gasteiger partial charge is 0.260 e. The summed E-state index contributed by atoms with van der Waals surface area (Å²) in [7, 11) is 1.53. The van der Waals surface area contributed by atoms with Crippen LogP contribution in [0, 0.1) is 0 Å². The molecule has 0 aromatic heterocycles. The third-order valence-corrected chi connectivity index (χ3v) is 3.84. The van der Waals surface area contributed by atoms with Gasteiger partial charge in [0, 0.05) is 20.1 Å². The number of primary amides is 1. The molecule has 1 fully saturated rings. The number of phenols is 1. The minimum Gasteiger partial charge on any atom is -0.508 e. The van der Waals surface area contributed by atoms with Gasteiger partial charge in [-0.3, -0.25) is 19.4 Å². The van der Waals surface area contributed by atoms with E-state index in [1.807, 2.05) is 0 Å². The first-order valence-electron chi connectivity index (χ1n) is 7.82. The standard InChI is InChI=1S/C16H22N4O5/c1-25-7-6-18-20-10-15(23)19(9-14(17)22)13(16(20)24)8-11-2-4-12(21)5-3-11/h2-5,13,18,21H,6-10H2,1H3,(H2,17,22)/t13-/m0/s1. The molecule has 0 unspecified atom stereocenters. The molecule has 9 nitrogen and oxygen atoms in total. The predicted octanol–water partition coefficient (Wildman–Crippen LogP) is -1.39. The van der Waals surface area contributed by atoms with Crippen molar-refractivity contribution in [3.63, 3.8) is 0 Å². The van der Waals surface area contributed by atoms with Crippen molar-refractivity contribution in [2.45, 2.75) is 12.5 Å². The van der Waals surface area contributed by atoms with E-state index in [9.17, 15) is 19.5 Å². The molecule has 136 valence electrons. The zero-order chi connectivity index (χ0) is 18.4. The first kappa shape index (κ1) is 18.7. The molecule has 1 aromatic carbocycles. The number of nitrogens with zero attached hydrogens (tertiary/aromatic N) is 2. The highest BCUT2D eigenvalue weighted by Gasteiger charge is 2.39. The van der Waals surface area contributed by atoms with E-state index in [0.29, 0.717) is 13.2 Å². The number of carbonyl (C=O) groups is 3. The van der Waals surface area contributed by atoms with Gasteiger partial charge in [0.05, 0.1) is 6.61 Å². The van der Waals surface area contributed by atoms with Crippen LogP contribution < -0.4 is 11.2 Å². The van der Waals surface area contributed by atoms with Gasteiger partial charge in [0.25, 0.3) is 5.91 Å². The van der Waals surface area contributed by atoms with Crippen LogP contribution in [-0.4, -0.2) is 72.1 Å². The van der Waals surface area contributed by atoms with Crippen LogP contribution in [-0.2, 0) is 25.5 Å². The van der Waals surface area contributed by atoms with Crippen molar-refractivity contribution in [2.24, 2.45) is 5.73 Å². The molecule has 0 aliphatic carbocycles. The second kappa shape index (κ2) is 8.45. The van der Waals surface area contributed by atoms with E-state index in [-0.39, 0.29) is 37.1 Å². The van der Waals surface area contributed by atoms with Crippen LogP contribution in [0.25, 0.3) is 0 Å². The largest absolute Gasteiger partial charge is 0.508 e. The Labute approximate surface area is 145 Å². The molecule has 1 aromatic rings. The van der Waals surface area contributed by atoms with Gasteiger partial charge in [-0.25, -0.2) is 5.43 Å². The average molecular weight is 350 g/mol. The van der Waals surface area contributed by atoms with Crippen LogP contribution in [0.1, 0.15) is 5.56 Å². The number of amides is 3. The van der Waals surface area contributed by atoms with E-state index in [0.717, 1.165) is 5.56 Å². The quantitative estimate of drug-likeness (QED) is 0.496. The number of benzene rings is 1. The van der Waals surface area contributed by atoms with Crippen molar-refractivity contribution in [2.75, 3.05) is 33.4 Å². The molecule has 1 heterocycles. The van der Waals surface area contributed by atoms with E-state index in [2.05, 4.69) is 5.43 Å². The lowest BCUT2D eigenvalue weighted by molar-refractivity contribution is -0.160. The maximum atomic E-state index is 12.8. The second-order valence-electron chi connectivity index (χ2n) is 5.70. The summed E-state index contributed by atoms with van der Waals surface area (Å²) in [4.78, 5) is 37.6. The lowest BCUT2D eigenvalue weighted by Crippen LogP contribution is -2.65. The summed E-state index contributed by atoms with van der Waals surface area (Å²) in [6.07, 6.45) is 0.209. The van der Waals surface area contributed by atoms with Gasteiger partial charge in [0.2, 0.25) is 11.8 Å².